The van der Waals surface area contributed by atoms with Crippen molar-refractivity contribution in [2.75, 3.05) is 23.7 Å². The van der Waals surface area contributed by atoms with E-state index in [1.807, 2.05) is 24.3 Å². The third-order valence-electron chi connectivity index (χ3n) is 6.38. The van der Waals surface area contributed by atoms with Crippen LogP contribution in [0.4, 0.5) is 11.4 Å². The maximum atomic E-state index is 4.82. The van der Waals surface area contributed by atoms with Gasteiger partial charge in [0.2, 0.25) is 0 Å². The molecule has 2 N–H and O–H groups in total. The van der Waals surface area contributed by atoms with E-state index in [-0.39, 0.29) is 0 Å². The number of anilines is 2. The van der Waals surface area contributed by atoms with Crippen molar-refractivity contribution >= 4 is 55.0 Å². The average Bonchev–Trinajstić information content (AvgIpc) is 2.89. The number of unbranched alkanes of at least 4 members (excludes halogenated alkanes) is 1. The van der Waals surface area contributed by atoms with Crippen molar-refractivity contribution in [1.29, 1.82) is 0 Å². The molecular formula is C30H26N4. The van der Waals surface area contributed by atoms with E-state index in [9.17, 15) is 0 Å². The first-order valence-electron chi connectivity index (χ1n) is 11.9. The highest BCUT2D eigenvalue weighted by molar-refractivity contribution is 6.08. The van der Waals surface area contributed by atoms with Crippen LogP contribution >= 0.6 is 0 Å². The van der Waals surface area contributed by atoms with Crippen molar-refractivity contribution in [3.05, 3.63) is 97.1 Å². The Kier molecular flexibility index (Phi) is 5.40. The summed E-state index contributed by atoms with van der Waals surface area (Å²) in [4.78, 5) is 9.65. The topological polar surface area (TPSA) is 49.8 Å². The molecule has 0 unspecified atom stereocenters. The summed E-state index contributed by atoms with van der Waals surface area (Å²) in [5, 5.41) is 12.1. The number of pyridine rings is 2. The van der Waals surface area contributed by atoms with Crippen molar-refractivity contribution in [2.24, 2.45) is 0 Å². The molecule has 0 bridgehead atoms. The first-order chi connectivity index (χ1) is 16.9. The maximum Gasteiger partial charge on any atom is 0.0730 e. The van der Waals surface area contributed by atoms with E-state index >= 15 is 0 Å². The minimum atomic E-state index is 0.914. The van der Waals surface area contributed by atoms with Gasteiger partial charge in [-0.1, -0.05) is 72.8 Å². The SMILES string of the molecule is c1ccc2c(NCCCCNc3c4ccccc4nc4ccccc34)c3ccccc3nc2c1. The number of hydrogen-bond acceptors (Lipinski definition) is 4. The number of aromatic nitrogens is 2. The molecule has 4 heteroatoms. The quantitative estimate of drug-likeness (QED) is 0.200. The molecule has 0 fully saturated rings. The molecule has 0 aliphatic carbocycles. The monoisotopic (exact) mass is 442 g/mol. The van der Waals surface area contributed by atoms with Crippen molar-refractivity contribution in [1.82, 2.24) is 9.97 Å². The van der Waals surface area contributed by atoms with Gasteiger partial charge in [0.15, 0.2) is 0 Å². The minimum absolute atomic E-state index is 0.914. The fourth-order valence-corrected chi connectivity index (χ4v) is 4.74. The second-order valence-corrected chi connectivity index (χ2v) is 8.60. The van der Waals surface area contributed by atoms with E-state index in [1.165, 1.54) is 32.9 Å². The Bertz CT molecular complexity index is 1390. The summed E-state index contributed by atoms with van der Waals surface area (Å²) in [7, 11) is 0. The van der Waals surface area contributed by atoms with Crippen LogP contribution in [0.1, 0.15) is 12.8 Å². The van der Waals surface area contributed by atoms with Crippen molar-refractivity contribution in [3.63, 3.8) is 0 Å². The van der Waals surface area contributed by atoms with E-state index in [2.05, 4.69) is 83.4 Å². The molecule has 2 heterocycles. The molecule has 2 aromatic heterocycles. The van der Waals surface area contributed by atoms with Gasteiger partial charge < -0.3 is 10.6 Å². The van der Waals surface area contributed by atoms with Crippen molar-refractivity contribution in [3.8, 4) is 0 Å². The summed E-state index contributed by atoms with van der Waals surface area (Å²) >= 11 is 0. The summed E-state index contributed by atoms with van der Waals surface area (Å²) in [6.07, 6.45) is 2.14. The summed E-state index contributed by atoms with van der Waals surface area (Å²) in [6.45, 7) is 1.83. The largest absolute Gasteiger partial charge is 0.384 e. The van der Waals surface area contributed by atoms with E-state index in [0.717, 1.165) is 48.0 Å². The van der Waals surface area contributed by atoms with Crippen molar-refractivity contribution < 1.29 is 0 Å². The zero-order valence-corrected chi connectivity index (χ0v) is 19.0. The predicted octanol–water partition coefficient (Wildman–Crippen LogP) is 7.39. The molecular weight excluding hydrogens is 416 g/mol. The molecule has 0 saturated carbocycles. The Balaban J connectivity index is 1.16. The summed E-state index contributed by atoms with van der Waals surface area (Å²) in [5.74, 6) is 0. The molecule has 4 nitrogen and oxygen atoms in total. The van der Waals surface area contributed by atoms with E-state index in [1.54, 1.807) is 0 Å². The van der Waals surface area contributed by atoms with Crippen LogP contribution < -0.4 is 10.6 Å². The lowest BCUT2D eigenvalue weighted by molar-refractivity contribution is 0.797. The standard InChI is InChI=1S/C30H26N4/c1-5-15-25-21(11-1)29(22-12-2-6-16-26(22)33-25)31-19-9-10-20-32-30-23-13-3-7-17-27(23)34-28-18-8-4-14-24(28)30/h1-8,11-18H,9-10,19-20H2,(H,31,33)(H,32,34). The summed E-state index contributed by atoms with van der Waals surface area (Å²) < 4.78 is 0. The van der Waals surface area contributed by atoms with Crippen LogP contribution in [0.5, 0.6) is 0 Å². The molecule has 0 aliphatic rings. The van der Waals surface area contributed by atoms with E-state index in [4.69, 9.17) is 9.97 Å². The lowest BCUT2D eigenvalue weighted by Crippen LogP contribution is -2.08. The molecule has 0 atom stereocenters. The Labute approximate surface area is 198 Å². The van der Waals surface area contributed by atoms with Crippen LogP contribution in [0.3, 0.4) is 0 Å². The lowest BCUT2D eigenvalue weighted by atomic mass is 10.1. The molecule has 0 spiro atoms. The van der Waals surface area contributed by atoms with Crippen LogP contribution in [0.2, 0.25) is 0 Å². The number of hydrogen-bond donors (Lipinski definition) is 2. The normalized spacial score (nSPS) is 11.4. The van der Waals surface area contributed by atoms with Crippen LogP contribution in [0, 0.1) is 0 Å². The Morgan fingerprint density at radius 1 is 0.412 bits per heavy atom. The third-order valence-corrected chi connectivity index (χ3v) is 6.38. The number of fused-ring (bicyclic) bond motifs is 4. The molecule has 0 radical (unpaired) electrons. The Morgan fingerprint density at radius 2 is 0.706 bits per heavy atom. The lowest BCUT2D eigenvalue weighted by Gasteiger charge is -2.15. The highest BCUT2D eigenvalue weighted by atomic mass is 14.9. The van der Waals surface area contributed by atoms with Gasteiger partial charge in [0.1, 0.15) is 0 Å². The van der Waals surface area contributed by atoms with Gasteiger partial charge in [0, 0.05) is 34.6 Å². The fraction of sp³-hybridized carbons (Fsp3) is 0.133. The fourth-order valence-electron chi connectivity index (χ4n) is 4.74. The van der Waals surface area contributed by atoms with Crippen LogP contribution in [-0.2, 0) is 0 Å². The third kappa shape index (κ3) is 3.77. The zero-order chi connectivity index (χ0) is 22.7. The van der Waals surface area contributed by atoms with Gasteiger partial charge in [0.05, 0.1) is 33.4 Å². The molecule has 6 aromatic rings. The maximum absolute atomic E-state index is 4.82. The van der Waals surface area contributed by atoms with Gasteiger partial charge in [0.25, 0.3) is 0 Å². The molecule has 4 aromatic carbocycles. The highest BCUT2D eigenvalue weighted by Crippen LogP contribution is 2.32. The van der Waals surface area contributed by atoms with Crippen LogP contribution in [-0.4, -0.2) is 23.1 Å². The van der Waals surface area contributed by atoms with Gasteiger partial charge in [-0.05, 0) is 37.1 Å². The Morgan fingerprint density at radius 3 is 1.03 bits per heavy atom. The molecule has 0 aliphatic heterocycles. The predicted molar refractivity (Wildman–Crippen MR) is 145 cm³/mol. The van der Waals surface area contributed by atoms with Gasteiger partial charge >= 0.3 is 0 Å². The average molecular weight is 443 g/mol. The molecule has 34 heavy (non-hydrogen) atoms. The van der Waals surface area contributed by atoms with Gasteiger partial charge in [-0.25, -0.2) is 9.97 Å². The van der Waals surface area contributed by atoms with Gasteiger partial charge in [-0.15, -0.1) is 0 Å². The summed E-state index contributed by atoms with van der Waals surface area (Å²) in [5.41, 5.74) is 6.48. The summed E-state index contributed by atoms with van der Waals surface area (Å²) in [6, 6.07) is 33.5. The smallest absolute Gasteiger partial charge is 0.0730 e. The van der Waals surface area contributed by atoms with Crippen LogP contribution in [0.25, 0.3) is 43.6 Å². The van der Waals surface area contributed by atoms with Crippen LogP contribution in [0.15, 0.2) is 97.1 Å². The molecule has 0 saturated heterocycles. The number of para-hydroxylation sites is 4. The van der Waals surface area contributed by atoms with Gasteiger partial charge in [-0.2, -0.15) is 0 Å². The zero-order valence-electron chi connectivity index (χ0n) is 19.0. The molecule has 166 valence electrons. The second-order valence-electron chi connectivity index (χ2n) is 8.60. The van der Waals surface area contributed by atoms with E-state index < -0.39 is 0 Å². The number of nitrogens with zero attached hydrogens (tertiary/aromatic N) is 2. The highest BCUT2D eigenvalue weighted by Gasteiger charge is 2.09. The number of rotatable bonds is 7. The number of nitrogens with one attached hydrogen (secondary N) is 2. The van der Waals surface area contributed by atoms with Crippen molar-refractivity contribution in [2.45, 2.75) is 12.8 Å². The second kappa shape index (κ2) is 8.99. The first kappa shape index (κ1) is 20.4. The van der Waals surface area contributed by atoms with Gasteiger partial charge in [-0.3, -0.25) is 0 Å². The number of benzene rings is 4. The Hall–Kier alpha value is -4.18. The van der Waals surface area contributed by atoms with E-state index in [0.29, 0.717) is 0 Å². The molecule has 6 rings (SSSR count). The molecule has 0 amide bonds. The first-order valence-corrected chi connectivity index (χ1v) is 11.9. The minimum Gasteiger partial charge on any atom is -0.384 e.